The van der Waals surface area contributed by atoms with Gasteiger partial charge in [0.2, 0.25) is 0 Å². The number of ether oxygens (including phenoxy) is 1. The third-order valence-corrected chi connectivity index (χ3v) is 4.25. The van der Waals surface area contributed by atoms with Crippen LogP contribution in [0.5, 0.6) is 5.75 Å². The van der Waals surface area contributed by atoms with E-state index >= 15 is 0 Å². The van der Waals surface area contributed by atoms with Crippen LogP contribution in [0, 0.1) is 6.92 Å². The van der Waals surface area contributed by atoms with Crippen LogP contribution >= 0.6 is 0 Å². The van der Waals surface area contributed by atoms with Gasteiger partial charge >= 0.3 is 5.97 Å². The Morgan fingerprint density at radius 1 is 1.48 bits per heavy atom. The van der Waals surface area contributed by atoms with Crippen molar-refractivity contribution >= 4 is 12.0 Å². The molecule has 3 rings (SSSR count). The summed E-state index contributed by atoms with van der Waals surface area (Å²) >= 11 is 0. The van der Waals surface area contributed by atoms with Gasteiger partial charge in [0.25, 0.3) is 5.56 Å². The van der Waals surface area contributed by atoms with Crippen LogP contribution in [-0.2, 0) is 11.3 Å². The van der Waals surface area contributed by atoms with Gasteiger partial charge in [0, 0.05) is 18.3 Å². The number of carbonyl (C=O) groups is 1. The summed E-state index contributed by atoms with van der Waals surface area (Å²) in [6.45, 7) is 2.01. The van der Waals surface area contributed by atoms with E-state index < -0.39 is 5.97 Å². The van der Waals surface area contributed by atoms with Crippen LogP contribution in [-0.4, -0.2) is 21.7 Å². The fraction of sp³-hybridized carbons (Fsp3) is 0.500. The molecule has 2 aliphatic rings. The van der Waals surface area contributed by atoms with Crippen LogP contribution in [0.3, 0.4) is 0 Å². The van der Waals surface area contributed by atoms with Crippen molar-refractivity contribution in [2.75, 3.05) is 0 Å². The van der Waals surface area contributed by atoms with Crippen LogP contribution < -0.4 is 10.3 Å². The first-order valence-electron chi connectivity index (χ1n) is 7.39. The Morgan fingerprint density at radius 2 is 2.29 bits per heavy atom. The van der Waals surface area contributed by atoms with E-state index in [-0.39, 0.29) is 24.6 Å². The van der Waals surface area contributed by atoms with Crippen molar-refractivity contribution in [2.45, 2.75) is 51.7 Å². The molecule has 1 aromatic rings. The molecule has 0 aromatic carbocycles. The van der Waals surface area contributed by atoms with Gasteiger partial charge in [-0.05, 0) is 44.3 Å². The van der Waals surface area contributed by atoms with Crippen molar-refractivity contribution in [3.63, 3.8) is 0 Å². The van der Waals surface area contributed by atoms with E-state index in [1.54, 1.807) is 0 Å². The maximum absolute atomic E-state index is 12.6. The molecule has 0 spiro atoms. The summed E-state index contributed by atoms with van der Waals surface area (Å²) in [5.41, 5.74) is 2.36. The molecule has 2 heterocycles. The molecule has 5 nitrogen and oxygen atoms in total. The Labute approximate surface area is 122 Å². The molecule has 1 unspecified atom stereocenters. The number of hydrogen-bond donors (Lipinski definition) is 1. The molecular formula is C16H19NO4. The molecule has 21 heavy (non-hydrogen) atoms. The van der Waals surface area contributed by atoms with Gasteiger partial charge < -0.3 is 14.4 Å². The number of rotatable bonds is 3. The SMILES string of the molecule is Cc1cc2c(c(=O)n1CCC(=O)O)C=C1CCCCC1O2. The second-order valence-electron chi connectivity index (χ2n) is 5.74. The normalized spacial score (nSPS) is 20.0. The van der Waals surface area contributed by atoms with Crippen LogP contribution in [0.2, 0.25) is 0 Å². The van der Waals surface area contributed by atoms with Crippen molar-refractivity contribution in [3.05, 3.63) is 33.3 Å². The number of aromatic nitrogens is 1. The standard InChI is InChI=1S/C16H19NO4/c1-10-8-14-12(16(20)17(10)7-6-15(18)19)9-11-4-2-3-5-13(11)21-14/h8-9,13H,2-7H2,1H3,(H,18,19). The highest BCUT2D eigenvalue weighted by atomic mass is 16.5. The lowest BCUT2D eigenvalue weighted by atomic mass is 9.89. The van der Waals surface area contributed by atoms with Crippen molar-refractivity contribution < 1.29 is 14.6 Å². The first-order valence-corrected chi connectivity index (χ1v) is 7.39. The molecule has 1 aliphatic carbocycles. The second-order valence-corrected chi connectivity index (χ2v) is 5.74. The van der Waals surface area contributed by atoms with E-state index in [9.17, 15) is 9.59 Å². The topological polar surface area (TPSA) is 68.5 Å². The van der Waals surface area contributed by atoms with Crippen LogP contribution in [0.4, 0.5) is 0 Å². The van der Waals surface area contributed by atoms with E-state index in [4.69, 9.17) is 9.84 Å². The minimum absolute atomic E-state index is 0.0560. The van der Waals surface area contributed by atoms with E-state index in [0.29, 0.717) is 11.3 Å². The summed E-state index contributed by atoms with van der Waals surface area (Å²) in [7, 11) is 0. The van der Waals surface area contributed by atoms with Gasteiger partial charge in [0.1, 0.15) is 11.9 Å². The molecule has 1 N–H and O–H groups in total. The minimum Gasteiger partial charge on any atom is -0.485 e. The average Bonchev–Trinajstić information content (AvgIpc) is 2.45. The van der Waals surface area contributed by atoms with E-state index in [1.165, 1.54) is 10.1 Å². The Bertz CT molecular complexity index is 672. The second kappa shape index (κ2) is 5.39. The van der Waals surface area contributed by atoms with Gasteiger partial charge in [-0.1, -0.05) is 0 Å². The molecule has 0 radical (unpaired) electrons. The summed E-state index contributed by atoms with van der Waals surface area (Å²) in [5.74, 6) is -0.263. The highest BCUT2D eigenvalue weighted by molar-refractivity contribution is 5.66. The van der Waals surface area contributed by atoms with Crippen molar-refractivity contribution in [1.82, 2.24) is 4.57 Å². The first-order chi connectivity index (χ1) is 10.1. The molecule has 0 amide bonds. The lowest BCUT2D eigenvalue weighted by molar-refractivity contribution is -0.137. The zero-order chi connectivity index (χ0) is 15.0. The summed E-state index contributed by atoms with van der Waals surface area (Å²) in [5, 5.41) is 8.80. The van der Waals surface area contributed by atoms with Gasteiger partial charge in [-0.2, -0.15) is 0 Å². The molecule has 5 heteroatoms. The monoisotopic (exact) mass is 289 g/mol. The quantitative estimate of drug-likeness (QED) is 0.927. The fourth-order valence-corrected chi connectivity index (χ4v) is 3.12. The number of carboxylic acids is 1. The Balaban J connectivity index is 2.01. The fourth-order valence-electron chi connectivity index (χ4n) is 3.12. The van der Waals surface area contributed by atoms with Crippen molar-refractivity contribution in [2.24, 2.45) is 0 Å². The van der Waals surface area contributed by atoms with Gasteiger partial charge in [-0.15, -0.1) is 0 Å². The molecule has 1 aromatic heterocycles. The molecule has 1 atom stereocenters. The third-order valence-electron chi connectivity index (χ3n) is 4.25. The van der Waals surface area contributed by atoms with E-state index in [1.807, 2.05) is 19.1 Å². The number of nitrogens with zero attached hydrogens (tertiary/aromatic N) is 1. The lowest BCUT2D eigenvalue weighted by Crippen LogP contribution is -2.32. The number of aryl methyl sites for hydroxylation is 1. The summed E-state index contributed by atoms with van der Waals surface area (Å²) in [4.78, 5) is 23.3. The zero-order valence-electron chi connectivity index (χ0n) is 12.1. The van der Waals surface area contributed by atoms with Crippen LogP contribution in [0.1, 0.15) is 43.4 Å². The predicted molar refractivity (Wildman–Crippen MR) is 78.6 cm³/mol. The molecule has 112 valence electrons. The minimum atomic E-state index is -0.902. The van der Waals surface area contributed by atoms with Gasteiger partial charge in [-0.25, -0.2) is 0 Å². The lowest BCUT2D eigenvalue weighted by Gasteiger charge is -2.31. The maximum atomic E-state index is 12.6. The van der Waals surface area contributed by atoms with Gasteiger partial charge in [0.05, 0.1) is 12.0 Å². The van der Waals surface area contributed by atoms with Crippen molar-refractivity contribution in [1.29, 1.82) is 0 Å². The largest absolute Gasteiger partial charge is 0.485 e. The average molecular weight is 289 g/mol. The number of hydrogen-bond acceptors (Lipinski definition) is 3. The molecular weight excluding hydrogens is 270 g/mol. The summed E-state index contributed by atoms with van der Waals surface area (Å²) in [6, 6.07) is 1.85. The van der Waals surface area contributed by atoms with Crippen LogP contribution in [0.15, 0.2) is 16.4 Å². The number of fused-ring (bicyclic) bond motifs is 2. The highest BCUT2D eigenvalue weighted by Gasteiger charge is 2.27. The number of carboxylic acid groups (broad SMARTS) is 1. The number of pyridine rings is 1. The van der Waals surface area contributed by atoms with E-state index in [2.05, 4.69) is 0 Å². The van der Waals surface area contributed by atoms with Gasteiger partial charge in [-0.3, -0.25) is 9.59 Å². The van der Waals surface area contributed by atoms with E-state index in [0.717, 1.165) is 31.4 Å². The molecule has 0 bridgehead atoms. The molecule has 0 saturated heterocycles. The van der Waals surface area contributed by atoms with Gasteiger partial charge in [0.15, 0.2) is 0 Å². The summed E-state index contributed by atoms with van der Waals surface area (Å²) in [6.07, 6.45) is 6.30. The summed E-state index contributed by atoms with van der Waals surface area (Å²) < 4.78 is 7.50. The van der Waals surface area contributed by atoms with Crippen molar-refractivity contribution in [3.8, 4) is 5.75 Å². The maximum Gasteiger partial charge on any atom is 0.305 e. The predicted octanol–water partition coefficient (Wildman–Crippen LogP) is 2.35. The Kier molecular flexibility index (Phi) is 3.57. The number of aliphatic carboxylic acids is 1. The highest BCUT2D eigenvalue weighted by Crippen LogP contribution is 2.35. The third kappa shape index (κ3) is 2.60. The van der Waals surface area contributed by atoms with Crippen LogP contribution in [0.25, 0.3) is 6.08 Å². The first kappa shape index (κ1) is 13.9. The molecule has 1 aliphatic heterocycles. The Hall–Kier alpha value is -2.04. The zero-order valence-corrected chi connectivity index (χ0v) is 12.1. The smallest absolute Gasteiger partial charge is 0.305 e. The Morgan fingerprint density at radius 3 is 3.05 bits per heavy atom. The molecule has 1 fully saturated rings. The molecule has 1 saturated carbocycles.